The minimum atomic E-state index is -0.915. The number of hydrogen-bond acceptors (Lipinski definition) is 5. The first-order valence-electron chi connectivity index (χ1n) is 11.2. The molecule has 4 aromatic rings. The van der Waals surface area contributed by atoms with Crippen LogP contribution in [0.25, 0.3) is 11.0 Å². The molecular formula is C26H27N5O2. The second kappa shape index (κ2) is 9.03. The number of benzene rings is 2. The second-order valence-electron chi connectivity index (χ2n) is 8.47. The van der Waals surface area contributed by atoms with Gasteiger partial charge in [-0.2, -0.15) is 0 Å². The van der Waals surface area contributed by atoms with Crippen LogP contribution in [-0.2, 0) is 16.1 Å². The van der Waals surface area contributed by atoms with Gasteiger partial charge in [0.25, 0.3) is 5.91 Å². The normalized spacial score (nSPS) is 15.5. The minimum absolute atomic E-state index is 0.102. The molecule has 2 aromatic heterocycles. The minimum Gasteiger partial charge on any atom is -0.360 e. The molecule has 1 amide bonds. The van der Waals surface area contributed by atoms with Gasteiger partial charge in [0, 0.05) is 37.8 Å². The van der Waals surface area contributed by atoms with Crippen LogP contribution in [-0.4, -0.2) is 39.5 Å². The Labute approximate surface area is 192 Å². The van der Waals surface area contributed by atoms with E-state index in [1.165, 1.54) is 0 Å². The van der Waals surface area contributed by atoms with Crippen molar-refractivity contribution in [1.82, 2.24) is 15.0 Å². The maximum atomic E-state index is 13.5. The molecule has 0 bridgehead atoms. The van der Waals surface area contributed by atoms with Crippen LogP contribution < -0.4 is 10.2 Å². The van der Waals surface area contributed by atoms with Gasteiger partial charge >= 0.3 is 0 Å². The molecular weight excluding hydrogens is 414 g/mol. The number of hydrogen-bond donors (Lipinski definition) is 2. The Balaban J connectivity index is 1.38. The molecule has 0 unspecified atom stereocenters. The lowest BCUT2D eigenvalue weighted by Crippen LogP contribution is -2.53. The molecule has 0 aliphatic carbocycles. The second-order valence-corrected chi connectivity index (χ2v) is 8.47. The molecule has 0 saturated carbocycles. The summed E-state index contributed by atoms with van der Waals surface area (Å²) in [6.07, 6.45) is 4.66. The molecule has 3 heterocycles. The fourth-order valence-electron chi connectivity index (χ4n) is 4.42. The summed E-state index contributed by atoms with van der Waals surface area (Å²) in [7, 11) is 0. The fraction of sp³-hybridized carbons (Fsp3) is 0.269. The number of para-hydroxylation sites is 1. The Bertz CT molecular complexity index is 1230. The number of ether oxygens (including phenoxy) is 1. The molecule has 0 spiro atoms. The van der Waals surface area contributed by atoms with Crippen molar-refractivity contribution >= 4 is 28.4 Å². The van der Waals surface area contributed by atoms with Gasteiger partial charge in [0.1, 0.15) is 17.8 Å². The van der Waals surface area contributed by atoms with E-state index < -0.39 is 5.60 Å². The number of aromatic amines is 1. The average molecular weight is 442 g/mol. The zero-order valence-electron chi connectivity index (χ0n) is 18.6. The molecule has 0 atom stereocenters. The molecule has 1 aliphatic heterocycles. The maximum absolute atomic E-state index is 13.5. The van der Waals surface area contributed by atoms with Crippen LogP contribution in [0, 0.1) is 6.92 Å². The molecule has 5 rings (SSSR count). The lowest BCUT2D eigenvalue weighted by atomic mass is 9.89. The van der Waals surface area contributed by atoms with E-state index in [1.807, 2.05) is 66.9 Å². The zero-order chi connectivity index (χ0) is 22.7. The van der Waals surface area contributed by atoms with Crippen molar-refractivity contribution in [3.05, 3.63) is 84.3 Å². The van der Waals surface area contributed by atoms with Gasteiger partial charge in [0.05, 0.1) is 12.0 Å². The Morgan fingerprint density at radius 1 is 1.06 bits per heavy atom. The van der Waals surface area contributed by atoms with Crippen LogP contribution in [0.15, 0.2) is 73.2 Å². The standard InChI is InChI=1S/C26H27N5O2/c1-19-16-27-23-22(19)24(29-18-28-23)31-14-12-26(13-15-31,33-17-20-8-4-2-5-9-20)25(32)30-21-10-6-3-7-11-21/h2-11,16,18H,12-15,17H2,1H3,(H,30,32)(H,27,28,29). The Morgan fingerprint density at radius 3 is 2.48 bits per heavy atom. The number of fused-ring (bicyclic) bond motifs is 1. The third-order valence-electron chi connectivity index (χ3n) is 6.32. The van der Waals surface area contributed by atoms with E-state index in [4.69, 9.17) is 4.74 Å². The molecule has 1 aliphatic rings. The SMILES string of the molecule is Cc1c[nH]c2ncnc(N3CCC(OCc4ccccc4)(C(=O)Nc4ccccc4)CC3)c12. The zero-order valence-corrected chi connectivity index (χ0v) is 18.6. The number of anilines is 2. The number of aromatic nitrogens is 3. The predicted octanol–water partition coefficient (Wildman–Crippen LogP) is 4.46. The monoisotopic (exact) mass is 441 g/mol. The number of nitrogens with zero attached hydrogens (tertiary/aromatic N) is 3. The van der Waals surface area contributed by atoms with E-state index in [-0.39, 0.29) is 5.91 Å². The van der Waals surface area contributed by atoms with Crippen LogP contribution in [0.4, 0.5) is 11.5 Å². The molecule has 33 heavy (non-hydrogen) atoms. The molecule has 7 heteroatoms. The van der Waals surface area contributed by atoms with Crippen molar-refractivity contribution in [3.8, 4) is 0 Å². The van der Waals surface area contributed by atoms with Gasteiger partial charge in [-0.1, -0.05) is 48.5 Å². The first-order chi connectivity index (χ1) is 16.1. The summed E-state index contributed by atoms with van der Waals surface area (Å²) in [5, 5.41) is 4.10. The summed E-state index contributed by atoms with van der Waals surface area (Å²) < 4.78 is 6.39. The largest absolute Gasteiger partial charge is 0.360 e. The Kier molecular flexibility index (Phi) is 5.79. The summed E-state index contributed by atoms with van der Waals surface area (Å²) >= 11 is 0. The highest BCUT2D eigenvalue weighted by atomic mass is 16.5. The van der Waals surface area contributed by atoms with Crippen molar-refractivity contribution in [2.75, 3.05) is 23.3 Å². The summed E-state index contributed by atoms with van der Waals surface area (Å²) in [5.41, 5.74) is 2.85. The topological polar surface area (TPSA) is 83.1 Å². The first kappa shape index (κ1) is 21.2. The highest BCUT2D eigenvalue weighted by Gasteiger charge is 2.43. The summed E-state index contributed by atoms with van der Waals surface area (Å²) in [5.74, 6) is 0.800. The Hall–Kier alpha value is -3.71. The third kappa shape index (κ3) is 4.32. The highest BCUT2D eigenvalue weighted by molar-refractivity contribution is 5.98. The quantitative estimate of drug-likeness (QED) is 0.462. The number of rotatable bonds is 6. The van der Waals surface area contributed by atoms with Crippen molar-refractivity contribution in [2.24, 2.45) is 0 Å². The maximum Gasteiger partial charge on any atom is 0.256 e. The number of aryl methyl sites for hydroxylation is 1. The summed E-state index contributed by atoms with van der Waals surface area (Å²) in [6, 6.07) is 19.5. The van der Waals surface area contributed by atoms with E-state index in [0.717, 1.165) is 33.7 Å². The molecule has 1 saturated heterocycles. The predicted molar refractivity (Wildman–Crippen MR) is 129 cm³/mol. The molecule has 2 N–H and O–H groups in total. The van der Waals surface area contributed by atoms with E-state index in [1.54, 1.807) is 6.33 Å². The molecule has 0 radical (unpaired) electrons. The van der Waals surface area contributed by atoms with Crippen LogP contribution in [0.5, 0.6) is 0 Å². The number of amides is 1. The summed E-state index contributed by atoms with van der Waals surface area (Å²) in [6.45, 7) is 3.76. The van der Waals surface area contributed by atoms with E-state index >= 15 is 0 Å². The Morgan fingerprint density at radius 2 is 1.76 bits per heavy atom. The van der Waals surface area contributed by atoms with E-state index in [0.29, 0.717) is 32.5 Å². The smallest absolute Gasteiger partial charge is 0.256 e. The van der Waals surface area contributed by atoms with Crippen molar-refractivity contribution in [1.29, 1.82) is 0 Å². The van der Waals surface area contributed by atoms with Crippen molar-refractivity contribution < 1.29 is 9.53 Å². The van der Waals surface area contributed by atoms with E-state index in [9.17, 15) is 4.79 Å². The lowest BCUT2D eigenvalue weighted by Gasteiger charge is -2.41. The van der Waals surface area contributed by atoms with Crippen LogP contribution in [0.2, 0.25) is 0 Å². The van der Waals surface area contributed by atoms with Gasteiger partial charge in [-0.05, 0) is 30.2 Å². The summed E-state index contributed by atoms with van der Waals surface area (Å²) in [4.78, 5) is 27.8. The average Bonchev–Trinajstić information content (AvgIpc) is 3.25. The van der Waals surface area contributed by atoms with Crippen molar-refractivity contribution in [3.63, 3.8) is 0 Å². The van der Waals surface area contributed by atoms with Gasteiger partial charge < -0.3 is 19.9 Å². The number of carbonyl (C=O) groups excluding carboxylic acids is 1. The fourth-order valence-corrected chi connectivity index (χ4v) is 4.42. The molecule has 1 fully saturated rings. The molecule has 7 nitrogen and oxygen atoms in total. The van der Waals surface area contributed by atoms with E-state index in [2.05, 4.69) is 32.1 Å². The first-order valence-corrected chi connectivity index (χ1v) is 11.2. The number of H-pyrrole nitrogens is 1. The number of carbonyl (C=O) groups is 1. The van der Waals surface area contributed by atoms with Gasteiger partial charge in [-0.3, -0.25) is 4.79 Å². The van der Waals surface area contributed by atoms with Crippen LogP contribution in [0.3, 0.4) is 0 Å². The van der Waals surface area contributed by atoms with Crippen molar-refractivity contribution in [2.45, 2.75) is 32.0 Å². The molecule has 168 valence electrons. The van der Waals surface area contributed by atoms with Crippen LogP contribution >= 0.6 is 0 Å². The van der Waals surface area contributed by atoms with Gasteiger partial charge in [0.2, 0.25) is 0 Å². The number of nitrogens with one attached hydrogen (secondary N) is 2. The highest BCUT2D eigenvalue weighted by Crippen LogP contribution is 2.34. The third-order valence-corrected chi connectivity index (χ3v) is 6.32. The van der Waals surface area contributed by atoms with Gasteiger partial charge in [-0.25, -0.2) is 9.97 Å². The van der Waals surface area contributed by atoms with Gasteiger partial charge in [0.15, 0.2) is 5.60 Å². The van der Waals surface area contributed by atoms with Crippen LogP contribution in [0.1, 0.15) is 24.0 Å². The molecule has 2 aromatic carbocycles. The number of piperidine rings is 1. The van der Waals surface area contributed by atoms with Gasteiger partial charge in [-0.15, -0.1) is 0 Å². The lowest BCUT2D eigenvalue weighted by molar-refractivity contribution is -0.146.